The molecule has 1 heterocycles. The molecule has 0 saturated heterocycles. The van der Waals surface area contributed by atoms with Gasteiger partial charge in [-0.15, -0.1) is 0 Å². The number of rotatable bonds is 4. The highest BCUT2D eigenvalue weighted by molar-refractivity contribution is 5.97. The van der Waals surface area contributed by atoms with Crippen LogP contribution in [0.2, 0.25) is 0 Å². The lowest BCUT2D eigenvalue weighted by molar-refractivity contribution is -0.384. The highest BCUT2D eigenvalue weighted by atomic mass is 16.6. The molecule has 0 radical (unpaired) electrons. The van der Waals surface area contributed by atoms with Gasteiger partial charge in [0.05, 0.1) is 23.3 Å². The van der Waals surface area contributed by atoms with E-state index in [1.807, 2.05) is 30.3 Å². The first-order valence-corrected chi connectivity index (χ1v) is 7.36. The van der Waals surface area contributed by atoms with E-state index >= 15 is 0 Å². The predicted molar refractivity (Wildman–Crippen MR) is 90.9 cm³/mol. The first-order chi connectivity index (χ1) is 12.1. The first-order valence-electron chi connectivity index (χ1n) is 7.36. The van der Waals surface area contributed by atoms with Gasteiger partial charge < -0.3 is 4.74 Å². The molecule has 0 fully saturated rings. The van der Waals surface area contributed by atoms with Gasteiger partial charge in [-0.25, -0.2) is 14.8 Å². The molecular weight excluding hydrogens is 322 g/mol. The van der Waals surface area contributed by atoms with Crippen LogP contribution in [0.3, 0.4) is 0 Å². The van der Waals surface area contributed by atoms with Crippen molar-refractivity contribution in [3.05, 3.63) is 76.5 Å². The van der Waals surface area contributed by atoms with E-state index in [1.54, 1.807) is 18.2 Å². The van der Waals surface area contributed by atoms with Crippen LogP contribution >= 0.6 is 0 Å². The van der Waals surface area contributed by atoms with Crippen LogP contribution in [0.15, 0.2) is 60.8 Å². The van der Waals surface area contributed by atoms with Crippen LogP contribution in [-0.2, 0) is 4.74 Å². The lowest BCUT2D eigenvalue weighted by Gasteiger charge is -2.09. The molecule has 0 aliphatic rings. The standard InChI is InChI=1S/C18H13N3O4/c1-25-18(22)14-11-19-17(12-7-3-2-4-8-12)20-16(14)13-9-5-6-10-15(13)21(23)24/h2-11H,1H3. The zero-order chi connectivity index (χ0) is 17.8. The van der Waals surface area contributed by atoms with E-state index in [-0.39, 0.29) is 22.5 Å². The number of nitro benzene ring substituents is 1. The van der Waals surface area contributed by atoms with Gasteiger partial charge in [-0.1, -0.05) is 42.5 Å². The quantitative estimate of drug-likeness (QED) is 0.411. The number of carbonyl (C=O) groups excluding carboxylic acids is 1. The van der Waals surface area contributed by atoms with Gasteiger partial charge in [-0.3, -0.25) is 10.1 Å². The number of benzene rings is 2. The number of ether oxygens (including phenoxy) is 1. The van der Waals surface area contributed by atoms with Crippen molar-refractivity contribution in [2.45, 2.75) is 0 Å². The molecule has 1 aromatic heterocycles. The fraction of sp³-hybridized carbons (Fsp3) is 0.0556. The van der Waals surface area contributed by atoms with Gasteiger partial charge >= 0.3 is 5.97 Å². The monoisotopic (exact) mass is 335 g/mol. The Labute approximate surface area is 143 Å². The summed E-state index contributed by atoms with van der Waals surface area (Å²) < 4.78 is 4.76. The highest BCUT2D eigenvalue weighted by Gasteiger charge is 2.23. The third-order valence-electron chi connectivity index (χ3n) is 3.58. The zero-order valence-electron chi connectivity index (χ0n) is 13.2. The molecule has 0 aliphatic carbocycles. The van der Waals surface area contributed by atoms with E-state index in [4.69, 9.17) is 4.74 Å². The second kappa shape index (κ2) is 6.88. The predicted octanol–water partition coefficient (Wildman–Crippen LogP) is 3.51. The number of aromatic nitrogens is 2. The minimum atomic E-state index is -0.659. The van der Waals surface area contributed by atoms with Crippen molar-refractivity contribution in [2.75, 3.05) is 7.11 Å². The fourth-order valence-corrected chi connectivity index (χ4v) is 2.41. The van der Waals surface area contributed by atoms with Gasteiger partial charge in [0.15, 0.2) is 5.82 Å². The van der Waals surface area contributed by atoms with Crippen molar-refractivity contribution in [1.29, 1.82) is 0 Å². The molecule has 3 aromatic rings. The van der Waals surface area contributed by atoms with Crippen molar-refractivity contribution in [1.82, 2.24) is 9.97 Å². The van der Waals surface area contributed by atoms with E-state index in [9.17, 15) is 14.9 Å². The smallest absolute Gasteiger partial charge is 0.341 e. The third kappa shape index (κ3) is 3.20. The van der Waals surface area contributed by atoms with Crippen molar-refractivity contribution in [3.63, 3.8) is 0 Å². The van der Waals surface area contributed by atoms with Crippen molar-refractivity contribution in [2.24, 2.45) is 0 Å². The SMILES string of the molecule is COC(=O)c1cnc(-c2ccccc2)nc1-c1ccccc1[N+](=O)[O-]. The summed E-state index contributed by atoms with van der Waals surface area (Å²) in [5, 5.41) is 11.3. The summed E-state index contributed by atoms with van der Waals surface area (Å²) in [6, 6.07) is 15.3. The summed E-state index contributed by atoms with van der Waals surface area (Å²) >= 11 is 0. The summed E-state index contributed by atoms with van der Waals surface area (Å²) in [7, 11) is 1.23. The number of carbonyl (C=O) groups is 1. The molecule has 124 valence electrons. The van der Waals surface area contributed by atoms with Crippen molar-refractivity contribution in [3.8, 4) is 22.6 Å². The molecule has 25 heavy (non-hydrogen) atoms. The largest absolute Gasteiger partial charge is 0.465 e. The van der Waals surface area contributed by atoms with Gasteiger partial charge in [0.25, 0.3) is 5.69 Å². The molecule has 0 spiro atoms. The molecule has 0 saturated carbocycles. The van der Waals surface area contributed by atoms with E-state index in [0.717, 1.165) is 5.56 Å². The molecule has 2 aromatic carbocycles. The number of nitrogens with zero attached hydrogens (tertiary/aromatic N) is 3. The third-order valence-corrected chi connectivity index (χ3v) is 3.58. The Kier molecular flexibility index (Phi) is 4.47. The Morgan fingerprint density at radius 2 is 1.76 bits per heavy atom. The Hall–Kier alpha value is -3.61. The average molecular weight is 335 g/mol. The normalized spacial score (nSPS) is 10.3. The summed E-state index contributed by atoms with van der Waals surface area (Å²) in [6.07, 6.45) is 1.33. The Bertz CT molecular complexity index is 942. The lowest BCUT2D eigenvalue weighted by atomic mass is 10.0. The number of nitro groups is 1. The van der Waals surface area contributed by atoms with Crippen LogP contribution in [0.25, 0.3) is 22.6 Å². The summed E-state index contributed by atoms with van der Waals surface area (Å²) in [6.45, 7) is 0. The minimum absolute atomic E-state index is 0.0662. The van der Waals surface area contributed by atoms with Crippen LogP contribution in [-0.4, -0.2) is 28.0 Å². The molecule has 0 N–H and O–H groups in total. The van der Waals surface area contributed by atoms with E-state index < -0.39 is 10.9 Å². The molecule has 7 nitrogen and oxygen atoms in total. The van der Waals surface area contributed by atoms with Gasteiger partial charge in [-0.05, 0) is 6.07 Å². The summed E-state index contributed by atoms with van der Waals surface area (Å²) in [4.78, 5) is 31.5. The first kappa shape index (κ1) is 16.3. The number of hydrogen-bond acceptors (Lipinski definition) is 6. The van der Waals surface area contributed by atoms with Crippen LogP contribution in [0, 0.1) is 10.1 Å². The number of methoxy groups -OCH3 is 1. The molecule has 0 bridgehead atoms. The van der Waals surface area contributed by atoms with Gasteiger partial charge in [0.2, 0.25) is 0 Å². The molecular formula is C18H13N3O4. The summed E-state index contributed by atoms with van der Waals surface area (Å²) in [5.74, 6) is -0.297. The second-order valence-electron chi connectivity index (χ2n) is 5.09. The Morgan fingerprint density at radius 1 is 1.08 bits per heavy atom. The molecule has 0 unspecified atom stereocenters. The van der Waals surface area contributed by atoms with E-state index in [0.29, 0.717) is 5.82 Å². The molecule has 0 amide bonds. The lowest BCUT2D eigenvalue weighted by Crippen LogP contribution is -2.08. The van der Waals surface area contributed by atoms with Crippen LogP contribution in [0.1, 0.15) is 10.4 Å². The molecule has 7 heteroatoms. The maximum Gasteiger partial charge on any atom is 0.341 e. The van der Waals surface area contributed by atoms with Gasteiger partial charge in [0.1, 0.15) is 5.56 Å². The Balaban J connectivity index is 2.26. The average Bonchev–Trinajstić information content (AvgIpc) is 2.67. The maximum atomic E-state index is 12.1. The number of para-hydroxylation sites is 1. The Morgan fingerprint density at radius 3 is 2.44 bits per heavy atom. The number of hydrogen-bond donors (Lipinski definition) is 0. The van der Waals surface area contributed by atoms with E-state index in [1.165, 1.54) is 19.4 Å². The van der Waals surface area contributed by atoms with Crippen LogP contribution in [0.4, 0.5) is 5.69 Å². The molecule has 0 aliphatic heterocycles. The van der Waals surface area contributed by atoms with E-state index in [2.05, 4.69) is 9.97 Å². The topological polar surface area (TPSA) is 95.2 Å². The van der Waals surface area contributed by atoms with Gasteiger partial charge in [-0.2, -0.15) is 0 Å². The second-order valence-corrected chi connectivity index (χ2v) is 5.09. The summed E-state index contributed by atoms with van der Waals surface area (Å²) in [5.41, 5.74) is 1.04. The maximum absolute atomic E-state index is 12.1. The molecule has 0 atom stereocenters. The highest BCUT2D eigenvalue weighted by Crippen LogP contribution is 2.32. The minimum Gasteiger partial charge on any atom is -0.465 e. The fourth-order valence-electron chi connectivity index (χ4n) is 2.41. The van der Waals surface area contributed by atoms with Crippen LogP contribution < -0.4 is 0 Å². The van der Waals surface area contributed by atoms with Crippen molar-refractivity contribution >= 4 is 11.7 Å². The van der Waals surface area contributed by atoms with Gasteiger partial charge in [0, 0.05) is 17.8 Å². The van der Waals surface area contributed by atoms with Crippen LogP contribution in [0.5, 0.6) is 0 Å². The van der Waals surface area contributed by atoms with Crippen molar-refractivity contribution < 1.29 is 14.5 Å². The molecule has 3 rings (SSSR count). The number of esters is 1. The zero-order valence-corrected chi connectivity index (χ0v) is 13.2.